The summed E-state index contributed by atoms with van der Waals surface area (Å²) in [4.78, 5) is 14.1. The summed E-state index contributed by atoms with van der Waals surface area (Å²) in [6.07, 6.45) is 2.25. The fourth-order valence-electron chi connectivity index (χ4n) is 2.59. The van der Waals surface area contributed by atoms with Gasteiger partial charge in [0.25, 0.3) is 0 Å². The summed E-state index contributed by atoms with van der Waals surface area (Å²) in [5.74, 6) is 1.52. The molecule has 0 bridgehead atoms. The molecule has 0 aromatic heterocycles. The maximum absolute atomic E-state index is 12.2. The minimum Gasteiger partial charge on any atom is -0.496 e. The molecule has 4 nitrogen and oxygen atoms in total. The normalized spacial score (nSPS) is 18.4. The molecule has 2 N–H and O–H groups in total. The highest BCUT2D eigenvalue weighted by atomic mass is 79.9. The Morgan fingerprint density at radius 2 is 2.35 bits per heavy atom. The van der Waals surface area contributed by atoms with Crippen LogP contribution in [0.3, 0.4) is 0 Å². The number of carbonyl (C=O) groups excluding carboxylic acids is 1. The Labute approximate surface area is 128 Å². The third-order valence-electron chi connectivity index (χ3n) is 3.82. The molecule has 1 fully saturated rings. The van der Waals surface area contributed by atoms with Gasteiger partial charge in [-0.25, -0.2) is 0 Å². The van der Waals surface area contributed by atoms with Crippen molar-refractivity contribution in [2.75, 3.05) is 26.7 Å². The van der Waals surface area contributed by atoms with E-state index in [4.69, 9.17) is 10.5 Å². The predicted molar refractivity (Wildman–Crippen MR) is 82.8 cm³/mol. The largest absolute Gasteiger partial charge is 0.496 e. The number of benzene rings is 1. The van der Waals surface area contributed by atoms with Crippen LogP contribution in [0.4, 0.5) is 0 Å². The number of nitrogens with two attached hydrogens (primary N) is 1. The minimum atomic E-state index is 0.211. The summed E-state index contributed by atoms with van der Waals surface area (Å²) >= 11 is 3.45. The molecule has 0 radical (unpaired) electrons. The van der Waals surface area contributed by atoms with Crippen molar-refractivity contribution in [3.05, 3.63) is 28.2 Å². The van der Waals surface area contributed by atoms with E-state index in [1.807, 2.05) is 23.1 Å². The van der Waals surface area contributed by atoms with E-state index in [1.165, 1.54) is 0 Å². The predicted octanol–water partition coefficient (Wildman–Crippen LogP) is 2.20. The molecule has 5 heteroatoms. The number of ether oxygens (including phenoxy) is 1. The summed E-state index contributed by atoms with van der Waals surface area (Å²) < 4.78 is 6.34. The van der Waals surface area contributed by atoms with Gasteiger partial charge in [0.1, 0.15) is 5.75 Å². The topological polar surface area (TPSA) is 55.6 Å². The smallest absolute Gasteiger partial charge is 0.222 e. The van der Waals surface area contributed by atoms with Crippen LogP contribution < -0.4 is 10.5 Å². The molecule has 1 atom stereocenters. The molecular formula is C15H21BrN2O2. The number of aryl methyl sites for hydroxylation is 1. The first-order valence-corrected chi connectivity index (χ1v) is 7.73. The molecule has 1 aromatic carbocycles. The number of carbonyl (C=O) groups is 1. The molecular weight excluding hydrogens is 320 g/mol. The van der Waals surface area contributed by atoms with Crippen LogP contribution in [0.15, 0.2) is 22.7 Å². The van der Waals surface area contributed by atoms with Crippen LogP contribution in [0, 0.1) is 5.92 Å². The van der Waals surface area contributed by atoms with Crippen molar-refractivity contribution in [1.82, 2.24) is 4.90 Å². The minimum absolute atomic E-state index is 0.211. The highest BCUT2D eigenvalue weighted by Gasteiger charge is 2.24. The Hall–Kier alpha value is -1.07. The van der Waals surface area contributed by atoms with Gasteiger partial charge < -0.3 is 15.4 Å². The number of hydrogen-bond acceptors (Lipinski definition) is 3. The molecule has 0 saturated carbocycles. The second-order valence-electron chi connectivity index (χ2n) is 5.19. The summed E-state index contributed by atoms with van der Waals surface area (Å²) in [6, 6.07) is 5.87. The molecule has 1 saturated heterocycles. The maximum atomic E-state index is 12.2. The third-order valence-corrected chi connectivity index (χ3v) is 4.32. The van der Waals surface area contributed by atoms with Gasteiger partial charge in [-0.1, -0.05) is 15.9 Å². The quantitative estimate of drug-likeness (QED) is 0.893. The zero-order valence-corrected chi connectivity index (χ0v) is 13.4. The molecule has 110 valence electrons. The lowest BCUT2D eigenvalue weighted by molar-refractivity contribution is -0.130. The van der Waals surface area contributed by atoms with E-state index in [1.54, 1.807) is 7.11 Å². The third kappa shape index (κ3) is 3.73. The first-order valence-electron chi connectivity index (χ1n) is 6.94. The van der Waals surface area contributed by atoms with Crippen molar-refractivity contribution >= 4 is 21.8 Å². The van der Waals surface area contributed by atoms with Crippen LogP contribution >= 0.6 is 15.9 Å². The van der Waals surface area contributed by atoms with Gasteiger partial charge in [0.05, 0.1) is 7.11 Å². The molecule has 1 aromatic rings. The SMILES string of the molecule is COc1ccc(Br)cc1CCC(=O)N1CCC(CN)C1. The van der Waals surface area contributed by atoms with E-state index in [0.717, 1.165) is 35.3 Å². The first-order chi connectivity index (χ1) is 9.63. The lowest BCUT2D eigenvalue weighted by atomic mass is 10.1. The van der Waals surface area contributed by atoms with E-state index >= 15 is 0 Å². The summed E-state index contributed by atoms with van der Waals surface area (Å²) in [6.45, 7) is 2.32. The Bertz CT molecular complexity index is 479. The van der Waals surface area contributed by atoms with Gasteiger partial charge in [-0.3, -0.25) is 4.79 Å². The van der Waals surface area contributed by atoms with Crippen LogP contribution in [0.5, 0.6) is 5.75 Å². The van der Waals surface area contributed by atoms with Crippen LogP contribution in [-0.4, -0.2) is 37.6 Å². The lowest BCUT2D eigenvalue weighted by Gasteiger charge is -2.16. The molecule has 2 rings (SSSR count). The van der Waals surface area contributed by atoms with Crippen LogP contribution in [0.25, 0.3) is 0 Å². The van der Waals surface area contributed by atoms with Crippen LogP contribution in [-0.2, 0) is 11.2 Å². The Kier molecular flexibility index (Phi) is 5.43. The van der Waals surface area contributed by atoms with Gasteiger partial charge in [-0.15, -0.1) is 0 Å². The Morgan fingerprint density at radius 1 is 1.55 bits per heavy atom. The zero-order chi connectivity index (χ0) is 14.5. The number of methoxy groups -OCH3 is 1. The number of amides is 1. The van der Waals surface area contributed by atoms with Crippen molar-refractivity contribution in [3.63, 3.8) is 0 Å². The van der Waals surface area contributed by atoms with Gasteiger partial charge in [0.2, 0.25) is 5.91 Å². The molecule has 1 unspecified atom stereocenters. The van der Waals surface area contributed by atoms with Gasteiger partial charge in [-0.2, -0.15) is 0 Å². The fourth-order valence-corrected chi connectivity index (χ4v) is 3.00. The van der Waals surface area contributed by atoms with Crippen molar-refractivity contribution in [3.8, 4) is 5.75 Å². The number of halogens is 1. The Balaban J connectivity index is 1.92. The van der Waals surface area contributed by atoms with E-state index in [0.29, 0.717) is 25.3 Å². The molecule has 1 aliphatic rings. The van der Waals surface area contributed by atoms with Crippen LogP contribution in [0.1, 0.15) is 18.4 Å². The first kappa shape index (κ1) is 15.3. The van der Waals surface area contributed by atoms with Gasteiger partial charge >= 0.3 is 0 Å². The van der Waals surface area contributed by atoms with Gasteiger partial charge in [-0.05, 0) is 49.1 Å². The monoisotopic (exact) mass is 340 g/mol. The molecule has 20 heavy (non-hydrogen) atoms. The number of hydrogen-bond donors (Lipinski definition) is 1. The van der Waals surface area contributed by atoms with Gasteiger partial charge in [0, 0.05) is 24.0 Å². The summed E-state index contributed by atoms with van der Waals surface area (Å²) in [5.41, 5.74) is 6.72. The van der Waals surface area contributed by atoms with E-state index in [-0.39, 0.29) is 5.91 Å². The lowest BCUT2D eigenvalue weighted by Crippen LogP contribution is -2.30. The number of rotatable bonds is 5. The van der Waals surface area contributed by atoms with Gasteiger partial charge in [0.15, 0.2) is 0 Å². The molecule has 0 spiro atoms. The second-order valence-corrected chi connectivity index (χ2v) is 6.10. The summed E-state index contributed by atoms with van der Waals surface area (Å²) in [5, 5.41) is 0. The zero-order valence-electron chi connectivity index (χ0n) is 11.8. The molecule has 1 amide bonds. The molecule has 1 heterocycles. The summed E-state index contributed by atoms with van der Waals surface area (Å²) in [7, 11) is 1.65. The van der Waals surface area contributed by atoms with E-state index in [9.17, 15) is 4.79 Å². The highest BCUT2D eigenvalue weighted by molar-refractivity contribution is 9.10. The Morgan fingerprint density at radius 3 is 3.00 bits per heavy atom. The standard InChI is InChI=1S/C15H21BrN2O2/c1-20-14-4-3-13(16)8-12(14)2-5-15(19)18-7-6-11(9-17)10-18/h3-4,8,11H,2,5-7,9-10,17H2,1H3. The number of likely N-dealkylation sites (tertiary alicyclic amines) is 1. The number of nitrogens with zero attached hydrogens (tertiary/aromatic N) is 1. The average molecular weight is 341 g/mol. The van der Waals surface area contributed by atoms with E-state index in [2.05, 4.69) is 15.9 Å². The van der Waals surface area contributed by atoms with Crippen LogP contribution in [0.2, 0.25) is 0 Å². The average Bonchev–Trinajstić information content (AvgIpc) is 2.94. The van der Waals surface area contributed by atoms with Crippen molar-refractivity contribution < 1.29 is 9.53 Å². The highest BCUT2D eigenvalue weighted by Crippen LogP contribution is 2.25. The van der Waals surface area contributed by atoms with E-state index < -0.39 is 0 Å². The van der Waals surface area contributed by atoms with Crippen molar-refractivity contribution in [2.24, 2.45) is 11.7 Å². The molecule has 1 aliphatic heterocycles. The fraction of sp³-hybridized carbons (Fsp3) is 0.533. The molecule has 0 aliphatic carbocycles. The maximum Gasteiger partial charge on any atom is 0.222 e. The van der Waals surface area contributed by atoms with Crippen molar-refractivity contribution in [2.45, 2.75) is 19.3 Å². The van der Waals surface area contributed by atoms with Crippen molar-refractivity contribution in [1.29, 1.82) is 0 Å². The second kappa shape index (κ2) is 7.09.